The summed E-state index contributed by atoms with van der Waals surface area (Å²) in [5.41, 5.74) is 4.24. The Labute approximate surface area is 181 Å². The first-order valence-corrected chi connectivity index (χ1v) is 11.1. The van der Waals surface area contributed by atoms with Crippen molar-refractivity contribution in [1.82, 2.24) is 29.9 Å². The summed E-state index contributed by atoms with van der Waals surface area (Å²) in [7, 11) is 0. The summed E-state index contributed by atoms with van der Waals surface area (Å²) in [4.78, 5) is 21.0. The van der Waals surface area contributed by atoms with Gasteiger partial charge in [0.25, 0.3) is 5.56 Å². The topological polar surface area (TPSA) is 80.0 Å². The summed E-state index contributed by atoms with van der Waals surface area (Å²) >= 11 is 0. The molecule has 0 spiro atoms. The molecule has 31 heavy (non-hydrogen) atoms. The second kappa shape index (κ2) is 8.93. The number of hydrogen-bond acceptors (Lipinski definition) is 7. The first-order chi connectivity index (χ1) is 15.3. The maximum Gasteiger partial charge on any atom is 0.266 e. The van der Waals surface area contributed by atoms with Crippen molar-refractivity contribution in [3.63, 3.8) is 0 Å². The van der Waals surface area contributed by atoms with Crippen molar-refractivity contribution < 1.29 is 0 Å². The molecular weight excluding hydrogens is 390 g/mol. The zero-order valence-corrected chi connectivity index (χ0v) is 17.7. The summed E-state index contributed by atoms with van der Waals surface area (Å²) < 4.78 is 1.57. The highest BCUT2D eigenvalue weighted by Crippen LogP contribution is 2.23. The molecule has 1 aliphatic carbocycles. The molecular formula is C23H27N7O. The highest BCUT2D eigenvalue weighted by molar-refractivity contribution is 5.57. The van der Waals surface area contributed by atoms with Crippen LogP contribution in [-0.4, -0.2) is 62.6 Å². The molecule has 8 heteroatoms. The van der Waals surface area contributed by atoms with Crippen LogP contribution in [0, 0.1) is 0 Å². The number of nitrogens with zero attached hydrogens (tertiary/aromatic N) is 7. The zero-order chi connectivity index (χ0) is 21.0. The van der Waals surface area contributed by atoms with Gasteiger partial charge in [-0.2, -0.15) is 10.2 Å². The molecule has 1 aliphatic heterocycles. The number of pyridine rings is 1. The van der Waals surface area contributed by atoms with Crippen LogP contribution >= 0.6 is 0 Å². The number of hydrogen-bond donors (Lipinski definition) is 0. The fourth-order valence-electron chi connectivity index (χ4n) is 4.36. The lowest BCUT2D eigenvalue weighted by Gasteiger charge is -2.35. The van der Waals surface area contributed by atoms with Gasteiger partial charge in [0, 0.05) is 56.7 Å². The van der Waals surface area contributed by atoms with Gasteiger partial charge in [-0.1, -0.05) is 0 Å². The van der Waals surface area contributed by atoms with Gasteiger partial charge in [-0.3, -0.25) is 14.7 Å². The summed E-state index contributed by atoms with van der Waals surface area (Å²) in [6, 6.07) is 9.41. The molecule has 5 rings (SSSR count). The van der Waals surface area contributed by atoms with Crippen LogP contribution in [-0.2, 0) is 19.4 Å². The Bertz CT molecular complexity index is 1090. The van der Waals surface area contributed by atoms with E-state index in [1.165, 1.54) is 24.1 Å². The fourth-order valence-corrected chi connectivity index (χ4v) is 4.36. The second-order valence-corrected chi connectivity index (χ2v) is 8.23. The molecule has 0 radical (unpaired) electrons. The minimum absolute atomic E-state index is 0.0687. The van der Waals surface area contributed by atoms with Crippen LogP contribution in [0.25, 0.3) is 11.3 Å². The third-order valence-corrected chi connectivity index (χ3v) is 6.22. The van der Waals surface area contributed by atoms with Gasteiger partial charge in [-0.05, 0) is 55.5 Å². The summed E-state index contributed by atoms with van der Waals surface area (Å²) in [6.07, 6.45) is 8.13. The minimum atomic E-state index is -0.0687. The summed E-state index contributed by atoms with van der Waals surface area (Å²) in [5, 5.41) is 13.5. The first kappa shape index (κ1) is 19.8. The molecule has 0 bridgehead atoms. The maximum atomic E-state index is 12.3. The van der Waals surface area contributed by atoms with Gasteiger partial charge >= 0.3 is 0 Å². The molecule has 160 valence electrons. The van der Waals surface area contributed by atoms with Gasteiger partial charge in [0.1, 0.15) is 0 Å². The third-order valence-electron chi connectivity index (χ3n) is 6.22. The highest BCUT2D eigenvalue weighted by atomic mass is 16.1. The maximum absolute atomic E-state index is 12.3. The van der Waals surface area contributed by atoms with E-state index in [-0.39, 0.29) is 5.56 Å². The van der Waals surface area contributed by atoms with Gasteiger partial charge < -0.3 is 4.90 Å². The Morgan fingerprint density at radius 1 is 0.871 bits per heavy atom. The molecule has 3 aromatic rings. The quantitative estimate of drug-likeness (QED) is 0.626. The van der Waals surface area contributed by atoms with Crippen LogP contribution in [0.15, 0.2) is 47.5 Å². The van der Waals surface area contributed by atoms with Crippen molar-refractivity contribution in [3.05, 3.63) is 64.3 Å². The molecule has 0 atom stereocenters. The van der Waals surface area contributed by atoms with E-state index < -0.39 is 0 Å². The highest BCUT2D eigenvalue weighted by Gasteiger charge is 2.20. The number of fused-ring (bicyclic) bond motifs is 1. The number of aryl methyl sites for hydroxylation is 2. The molecule has 0 amide bonds. The molecule has 1 fully saturated rings. The Balaban J connectivity index is 1.19. The lowest BCUT2D eigenvalue weighted by Crippen LogP contribution is -2.48. The van der Waals surface area contributed by atoms with Crippen LogP contribution in [0.1, 0.15) is 24.1 Å². The van der Waals surface area contributed by atoms with Crippen LogP contribution < -0.4 is 10.5 Å². The second-order valence-electron chi connectivity index (χ2n) is 8.23. The van der Waals surface area contributed by atoms with Crippen molar-refractivity contribution in [2.75, 3.05) is 37.6 Å². The van der Waals surface area contributed by atoms with Gasteiger partial charge in [0.2, 0.25) is 0 Å². The van der Waals surface area contributed by atoms with E-state index in [0.29, 0.717) is 6.54 Å². The lowest BCUT2D eigenvalue weighted by atomic mass is 9.97. The molecule has 0 unspecified atom stereocenters. The van der Waals surface area contributed by atoms with Gasteiger partial charge in [-0.25, -0.2) is 4.68 Å². The molecule has 8 nitrogen and oxygen atoms in total. The SMILES string of the molecule is O=c1ccc(-c2ccncc2)nn1CCN1CCN(c2cc3c(nn2)CCCC3)CC1. The lowest BCUT2D eigenvalue weighted by molar-refractivity contribution is 0.242. The Hall–Kier alpha value is -3.13. The molecule has 4 heterocycles. The summed E-state index contributed by atoms with van der Waals surface area (Å²) in [5.74, 6) is 1.00. The minimum Gasteiger partial charge on any atom is -0.353 e. The van der Waals surface area contributed by atoms with Crippen molar-refractivity contribution >= 4 is 5.82 Å². The fraction of sp³-hybridized carbons (Fsp3) is 0.435. The van der Waals surface area contributed by atoms with Crippen LogP contribution in [0.5, 0.6) is 0 Å². The third kappa shape index (κ3) is 4.49. The predicted molar refractivity (Wildman–Crippen MR) is 119 cm³/mol. The van der Waals surface area contributed by atoms with E-state index in [9.17, 15) is 4.79 Å². The number of piperazine rings is 1. The van der Waals surface area contributed by atoms with Gasteiger partial charge in [0.05, 0.1) is 17.9 Å². The van der Waals surface area contributed by atoms with E-state index in [1.54, 1.807) is 29.2 Å². The smallest absolute Gasteiger partial charge is 0.266 e. The van der Waals surface area contributed by atoms with E-state index >= 15 is 0 Å². The normalized spacial score (nSPS) is 16.8. The number of aromatic nitrogens is 5. The van der Waals surface area contributed by atoms with E-state index in [2.05, 4.69) is 36.1 Å². The molecule has 3 aromatic heterocycles. The zero-order valence-electron chi connectivity index (χ0n) is 17.7. The van der Waals surface area contributed by atoms with Crippen molar-refractivity contribution in [2.45, 2.75) is 32.2 Å². The van der Waals surface area contributed by atoms with Gasteiger partial charge in [-0.15, -0.1) is 5.10 Å². The predicted octanol–water partition coefficient (Wildman–Crippen LogP) is 1.80. The molecule has 0 saturated carbocycles. The summed E-state index contributed by atoms with van der Waals surface area (Å²) in [6.45, 7) is 5.11. The largest absolute Gasteiger partial charge is 0.353 e. The Morgan fingerprint density at radius 2 is 1.68 bits per heavy atom. The number of anilines is 1. The molecule has 0 aromatic carbocycles. The average molecular weight is 418 g/mol. The van der Waals surface area contributed by atoms with Crippen LogP contribution in [0.2, 0.25) is 0 Å². The molecule has 0 N–H and O–H groups in total. The van der Waals surface area contributed by atoms with Crippen molar-refractivity contribution in [1.29, 1.82) is 0 Å². The van der Waals surface area contributed by atoms with E-state index in [0.717, 1.165) is 62.6 Å². The molecule has 2 aliphatic rings. The van der Waals surface area contributed by atoms with Gasteiger partial charge in [0.15, 0.2) is 5.82 Å². The standard InChI is InChI=1S/C23H27N7O/c31-23-6-5-21(18-7-9-24-10-8-18)27-30(23)16-13-28-11-14-29(15-12-28)22-17-19-3-1-2-4-20(19)25-26-22/h5-10,17H,1-4,11-16H2. The first-order valence-electron chi connectivity index (χ1n) is 11.1. The molecule has 1 saturated heterocycles. The van der Waals surface area contributed by atoms with Crippen LogP contribution in [0.4, 0.5) is 5.82 Å². The van der Waals surface area contributed by atoms with E-state index in [4.69, 9.17) is 0 Å². The average Bonchev–Trinajstić information content (AvgIpc) is 2.84. The number of rotatable bonds is 5. The Morgan fingerprint density at radius 3 is 2.52 bits per heavy atom. The monoisotopic (exact) mass is 417 g/mol. The Kier molecular flexibility index (Phi) is 5.71. The van der Waals surface area contributed by atoms with Crippen molar-refractivity contribution in [3.8, 4) is 11.3 Å². The van der Waals surface area contributed by atoms with E-state index in [1.807, 2.05) is 12.1 Å². The van der Waals surface area contributed by atoms with Crippen molar-refractivity contribution in [2.24, 2.45) is 0 Å². The van der Waals surface area contributed by atoms with Crippen LogP contribution in [0.3, 0.4) is 0 Å².